The number of hydrogen-bond acceptors (Lipinski definition) is 5. The molecule has 0 spiro atoms. The zero-order chi connectivity index (χ0) is 17.4. The smallest absolute Gasteiger partial charge is 0.422 e. The summed E-state index contributed by atoms with van der Waals surface area (Å²) >= 11 is 0. The standard InChI is InChI=1S/C12H8F6O5/c1-3(11(13,14)15)8(19)22-5-4-2-10(12(16,17)18)7(21-4)6(5)23-9(10)20/h4-7H,1-2H2. The predicted octanol–water partition coefficient (Wildman–Crippen LogP) is 1.66. The van der Waals surface area contributed by atoms with Gasteiger partial charge in [-0.2, -0.15) is 26.3 Å². The normalized spacial score (nSPS) is 38.6. The number of rotatable bonds is 2. The molecule has 0 amide bonds. The molecule has 5 nitrogen and oxygen atoms in total. The first-order valence-corrected chi connectivity index (χ1v) is 6.30. The lowest BCUT2D eigenvalue weighted by Crippen LogP contribution is -2.52. The van der Waals surface area contributed by atoms with Crippen LogP contribution in [-0.2, 0) is 23.8 Å². The molecule has 3 aliphatic rings. The van der Waals surface area contributed by atoms with Gasteiger partial charge in [0.15, 0.2) is 17.6 Å². The van der Waals surface area contributed by atoms with Crippen LogP contribution in [-0.4, -0.2) is 48.7 Å². The van der Waals surface area contributed by atoms with Gasteiger partial charge in [-0.15, -0.1) is 0 Å². The van der Waals surface area contributed by atoms with Crippen molar-refractivity contribution in [2.75, 3.05) is 0 Å². The van der Waals surface area contributed by atoms with Gasteiger partial charge in [0.05, 0.1) is 0 Å². The van der Waals surface area contributed by atoms with Gasteiger partial charge >= 0.3 is 24.3 Å². The van der Waals surface area contributed by atoms with Crippen LogP contribution in [0.5, 0.6) is 0 Å². The van der Waals surface area contributed by atoms with Crippen LogP contribution in [0, 0.1) is 5.41 Å². The van der Waals surface area contributed by atoms with Gasteiger partial charge in [0, 0.05) is 6.42 Å². The van der Waals surface area contributed by atoms with Gasteiger partial charge in [-0.3, -0.25) is 4.79 Å². The maximum absolute atomic E-state index is 13.2. The van der Waals surface area contributed by atoms with Crippen LogP contribution in [0.3, 0.4) is 0 Å². The summed E-state index contributed by atoms with van der Waals surface area (Å²) in [7, 11) is 0. The van der Waals surface area contributed by atoms with Crippen LogP contribution in [0.25, 0.3) is 0 Å². The third kappa shape index (κ3) is 1.98. The molecular formula is C12H8F6O5. The van der Waals surface area contributed by atoms with Gasteiger partial charge in [0.2, 0.25) is 0 Å². The number of halogens is 6. The molecule has 3 aliphatic heterocycles. The number of fused-ring (bicyclic) bond motifs is 1. The summed E-state index contributed by atoms with van der Waals surface area (Å²) in [4.78, 5) is 23.0. The zero-order valence-corrected chi connectivity index (χ0v) is 11.0. The monoisotopic (exact) mass is 346 g/mol. The summed E-state index contributed by atoms with van der Waals surface area (Å²) in [6, 6.07) is 0. The topological polar surface area (TPSA) is 61.8 Å². The highest BCUT2D eigenvalue weighted by Crippen LogP contribution is 2.62. The summed E-state index contributed by atoms with van der Waals surface area (Å²) in [6.45, 7) is 2.53. The largest absolute Gasteiger partial charge is 0.455 e. The molecule has 0 aromatic carbocycles. The molecule has 11 heteroatoms. The Hall–Kier alpha value is -1.78. The number of carbonyl (C=O) groups is 2. The first kappa shape index (κ1) is 16.1. The minimum Gasteiger partial charge on any atom is -0.455 e. The Balaban J connectivity index is 1.81. The first-order valence-electron chi connectivity index (χ1n) is 6.30. The maximum Gasteiger partial charge on any atom is 0.422 e. The highest BCUT2D eigenvalue weighted by atomic mass is 19.4. The van der Waals surface area contributed by atoms with Crippen molar-refractivity contribution in [1.29, 1.82) is 0 Å². The molecule has 128 valence electrons. The summed E-state index contributed by atoms with van der Waals surface area (Å²) in [5, 5.41) is 0. The Bertz CT molecular complexity index is 596. The van der Waals surface area contributed by atoms with Crippen molar-refractivity contribution >= 4 is 11.9 Å². The van der Waals surface area contributed by atoms with E-state index >= 15 is 0 Å². The molecule has 0 saturated carbocycles. The van der Waals surface area contributed by atoms with Crippen molar-refractivity contribution in [2.45, 2.75) is 43.2 Å². The van der Waals surface area contributed by atoms with E-state index in [1.54, 1.807) is 0 Å². The molecule has 0 aliphatic carbocycles. The second-order valence-corrected chi connectivity index (χ2v) is 5.48. The van der Waals surface area contributed by atoms with E-state index in [4.69, 9.17) is 4.74 Å². The lowest BCUT2D eigenvalue weighted by Gasteiger charge is -2.30. The third-order valence-electron chi connectivity index (χ3n) is 4.26. The highest BCUT2D eigenvalue weighted by molar-refractivity contribution is 5.89. The van der Waals surface area contributed by atoms with E-state index in [1.807, 2.05) is 0 Å². The Morgan fingerprint density at radius 3 is 2.39 bits per heavy atom. The van der Waals surface area contributed by atoms with Gasteiger partial charge in [-0.1, -0.05) is 6.58 Å². The minimum absolute atomic E-state index is 0.868. The fraction of sp³-hybridized carbons (Fsp3) is 0.667. The first-order chi connectivity index (χ1) is 10.4. The molecule has 2 bridgehead atoms. The van der Waals surface area contributed by atoms with Crippen LogP contribution in [0.4, 0.5) is 26.3 Å². The Kier molecular flexibility index (Phi) is 3.08. The van der Waals surface area contributed by atoms with Crippen molar-refractivity contribution in [3.8, 4) is 0 Å². The van der Waals surface area contributed by atoms with Gasteiger partial charge in [-0.25, -0.2) is 4.79 Å². The van der Waals surface area contributed by atoms with Crippen molar-refractivity contribution in [3.63, 3.8) is 0 Å². The Labute approximate surface area is 124 Å². The Morgan fingerprint density at radius 1 is 1.26 bits per heavy atom. The molecule has 3 saturated heterocycles. The van der Waals surface area contributed by atoms with E-state index < -0.39 is 66.1 Å². The lowest BCUT2D eigenvalue weighted by molar-refractivity contribution is -0.228. The average molecular weight is 346 g/mol. The lowest BCUT2D eigenvalue weighted by atomic mass is 9.73. The fourth-order valence-electron chi connectivity index (χ4n) is 3.12. The molecule has 23 heavy (non-hydrogen) atoms. The second kappa shape index (κ2) is 4.40. The van der Waals surface area contributed by atoms with E-state index in [2.05, 4.69) is 16.1 Å². The number of esters is 2. The average Bonchev–Trinajstić information content (AvgIpc) is 2.98. The molecule has 3 heterocycles. The van der Waals surface area contributed by atoms with Gasteiger partial charge in [0.1, 0.15) is 17.8 Å². The molecule has 0 N–H and O–H groups in total. The second-order valence-electron chi connectivity index (χ2n) is 5.48. The summed E-state index contributed by atoms with van der Waals surface area (Å²) in [5.41, 5.74) is -4.67. The molecule has 0 aromatic heterocycles. The van der Waals surface area contributed by atoms with Crippen LogP contribution in [0.1, 0.15) is 6.42 Å². The summed E-state index contributed by atoms with van der Waals surface area (Å²) in [5.74, 6) is -3.42. The number of hydrogen-bond donors (Lipinski definition) is 0. The fourth-order valence-corrected chi connectivity index (χ4v) is 3.12. The maximum atomic E-state index is 13.2. The van der Waals surface area contributed by atoms with E-state index in [9.17, 15) is 35.9 Å². The molecule has 3 rings (SSSR count). The summed E-state index contributed by atoms with van der Waals surface area (Å²) < 4.78 is 90.7. The number of ether oxygens (including phenoxy) is 3. The quantitative estimate of drug-likeness (QED) is 0.432. The van der Waals surface area contributed by atoms with Crippen LogP contribution in [0.2, 0.25) is 0 Å². The molecular weight excluding hydrogens is 338 g/mol. The van der Waals surface area contributed by atoms with Crippen molar-refractivity contribution in [1.82, 2.24) is 0 Å². The van der Waals surface area contributed by atoms with Gasteiger partial charge < -0.3 is 14.2 Å². The Morgan fingerprint density at radius 2 is 1.87 bits per heavy atom. The van der Waals surface area contributed by atoms with Gasteiger partial charge in [0.25, 0.3) is 0 Å². The van der Waals surface area contributed by atoms with Crippen molar-refractivity contribution < 1.29 is 50.1 Å². The van der Waals surface area contributed by atoms with Gasteiger partial charge in [-0.05, 0) is 0 Å². The van der Waals surface area contributed by atoms with E-state index in [0.717, 1.165) is 0 Å². The third-order valence-corrected chi connectivity index (χ3v) is 4.26. The van der Waals surface area contributed by atoms with E-state index in [0.29, 0.717) is 0 Å². The molecule has 5 unspecified atom stereocenters. The molecule has 3 fully saturated rings. The van der Waals surface area contributed by atoms with Crippen molar-refractivity contribution in [3.05, 3.63) is 12.2 Å². The van der Waals surface area contributed by atoms with Crippen LogP contribution < -0.4 is 0 Å². The van der Waals surface area contributed by atoms with Crippen LogP contribution in [0.15, 0.2) is 12.2 Å². The molecule has 0 aromatic rings. The number of alkyl halides is 6. The molecule has 5 atom stereocenters. The number of carbonyl (C=O) groups excluding carboxylic acids is 2. The minimum atomic E-state index is -5.04. The van der Waals surface area contributed by atoms with E-state index in [1.165, 1.54) is 0 Å². The predicted molar refractivity (Wildman–Crippen MR) is 56.7 cm³/mol. The SMILES string of the molecule is C=C(C(=O)OC1C2CC3(C(F)(F)F)C(=O)OC1C3O2)C(F)(F)F. The summed E-state index contributed by atoms with van der Waals surface area (Å²) in [6.07, 6.45) is -17.1. The van der Waals surface area contributed by atoms with Crippen LogP contribution >= 0.6 is 0 Å². The van der Waals surface area contributed by atoms with E-state index in [-0.39, 0.29) is 0 Å². The molecule has 0 radical (unpaired) electrons. The highest BCUT2D eigenvalue weighted by Gasteiger charge is 2.82. The van der Waals surface area contributed by atoms with Crippen molar-refractivity contribution in [2.24, 2.45) is 5.41 Å². The zero-order valence-electron chi connectivity index (χ0n) is 11.0.